The van der Waals surface area contributed by atoms with Crippen LogP contribution in [0, 0.1) is 5.41 Å². The summed E-state index contributed by atoms with van der Waals surface area (Å²) in [5, 5.41) is 0. The molecule has 0 bridgehead atoms. The second kappa shape index (κ2) is 11.3. The molecule has 1 saturated heterocycles. The number of unbranched alkanes of at least 4 members (excludes halogenated alkanes) is 2. The molecule has 6 heteroatoms. The van der Waals surface area contributed by atoms with Crippen LogP contribution in [0.3, 0.4) is 0 Å². The number of hydrogen-bond donors (Lipinski definition) is 0. The smallest absolute Gasteiger partial charge is 0.333 e. The van der Waals surface area contributed by atoms with Gasteiger partial charge in [-0.15, -0.1) is 0 Å². The molecule has 1 rings (SSSR count). The summed E-state index contributed by atoms with van der Waals surface area (Å²) in [7, 11) is -1.82. The highest BCUT2D eigenvalue weighted by Crippen LogP contribution is 2.50. The largest absolute Gasteiger partial charge is 0.462 e. The number of hydrogen-bond acceptors (Lipinski definition) is 5. The van der Waals surface area contributed by atoms with Crippen molar-refractivity contribution in [1.29, 1.82) is 0 Å². The molecule has 1 heterocycles. The summed E-state index contributed by atoms with van der Waals surface area (Å²) in [6.07, 6.45) is 5.80. The number of rotatable bonds is 12. The van der Waals surface area contributed by atoms with Crippen LogP contribution in [0.2, 0.25) is 18.6 Å². The Morgan fingerprint density at radius 3 is 1.93 bits per heavy atom. The molecule has 0 aromatic heterocycles. The third-order valence-electron chi connectivity index (χ3n) is 6.49. The van der Waals surface area contributed by atoms with Crippen molar-refractivity contribution in [1.82, 2.24) is 0 Å². The van der Waals surface area contributed by atoms with E-state index in [9.17, 15) is 9.59 Å². The number of ether oxygens (including phenoxy) is 2. The maximum Gasteiger partial charge on any atom is 0.333 e. The molecule has 5 nitrogen and oxygen atoms in total. The minimum Gasteiger partial charge on any atom is -0.462 e. The summed E-state index contributed by atoms with van der Waals surface area (Å²) >= 11 is 0. The Balaban J connectivity index is 2.49. The summed E-state index contributed by atoms with van der Waals surface area (Å²) in [4.78, 5) is 23.0. The fourth-order valence-electron chi connectivity index (χ4n) is 3.88. The average Bonchev–Trinajstić information content (AvgIpc) is 2.64. The molecular formula is C24H42O5Si. The zero-order valence-electron chi connectivity index (χ0n) is 20.0. The van der Waals surface area contributed by atoms with E-state index < -0.39 is 8.32 Å². The molecule has 2 atom stereocenters. The first kappa shape index (κ1) is 26.6. The second-order valence-corrected chi connectivity index (χ2v) is 14.0. The Morgan fingerprint density at radius 2 is 1.43 bits per heavy atom. The third kappa shape index (κ3) is 8.03. The lowest BCUT2D eigenvalue weighted by Gasteiger charge is -2.54. The fraction of sp³-hybridized carbons (Fsp3) is 0.750. The molecule has 1 aliphatic heterocycles. The van der Waals surface area contributed by atoms with E-state index in [1.54, 1.807) is 13.8 Å². The van der Waals surface area contributed by atoms with Gasteiger partial charge >= 0.3 is 11.9 Å². The Labute approximate surface area is 184 Å². The van der Waals surface area contributed by atoms with Crippen molar-refractivity contribution in [3.8, 4) is 0 Å². The van der Waals surface area contributed by atoms with Crippen LogP contribution < -0.4 is 0 Å². The molecule has 0 aromatic carbocycles. The van der Waals surface area contributed by atoms with Gasteiger partial charge in [-0.1, -0.05) is 33.4 Å². The van der Waals surface area contributed by atoms with E-state index in [0.717, 1.165) is 44.2 Å². The zero-order valence-corrected chi connectivity index (χ0v) is 21.0. The van der Waals surface area contributed by atoms with Gasteiger partial charge in [-0.2, -0.15) is 0 Å². The molecular weight excluding hydrogens is 396 g/mol. The molecule has 0 amide bonds. The summed E-state index contributed by atoms with van der Waals surface area (Å²) in [5.74, 6) is -0.625. The maximum absolute atomic E-state index is 11.5. The predicted octanol–water partition coefficient (Wildman–Crippen LogP) is 5.96. The molecule has 1 fully saturated rings. The predicted molar refractivity (Wildman–Crippen MR) is 124 cm³/mol. The Kier molecular flexibility index (Phi) is 10.0. The summed E-state index contributed by atoms with van der Waals surface area (Å²) in [6.45, 7) is 20.6. The van der Waals surface area contributed by atoms with Crippen LogP contribution in [-0.4, -0.2) is 39.1 Å². The zero-order chi connectivity index (χ0) is 23.0. The van der Waals surface area contributed by atoms with Crippen LogP contribution in [0.4, 0.5) is 0 Å². The molecule has 2 unspecified atom stereocenters. The van der Waals surface area contributed by atoms with Crippen LogP contribution in [0.25, 0.3) is 0 Å². The van der Waals surface area contributed by atoms with Crippen molar-refractivity contribution < 1.29 is 23.5 Å². The normalized spacial score (nSPS) is 25.4. The average molecular weight is 439 g/mol. The molecule has 172 valence electrons. The van der Waals surface area contributed by atoms with Crippen LogP contribution in [0.15, 0.2) is 24.3 Å². The fourth-order valence-corrected chi connectivity index (χ4v) is 7.95. The van der Waals surface area contributed by atoms with Gasteiger partial charge in [-0.3, -0.25) is 0 Å². The first-order valence-corrected chi connectivity index (χ1v) is 14.0. The van der Waals surface area contributed by atoms with Crippen molar-refractivity contribution in [2.75, 3.05) is 13.2 Å². The van der Waals surface area contributed by atoms with Gasteiger partial charge in [0, 0.05) is 11.1 Å². The molecule has 0 aliphatic carbocycles. The lowest BCUT2D eigenvalue weighted by Crippen LogP contribution is -2.57. The Morgan fingerprint density at radius 1 is 0.933 bits per heavy atom. The van der Waals surface area contributed by atoms with Crippen LogP contribution >= 0.6 is 0 Å². The molecule has 0 spiro atoms. The quantitative estimate of drug-likeness (QED) is 0.163. The van der Waals surface area contributed by atoms with E-state index in [2.05, 4.69) is 40.5 Å². The van der Waals surface area contributed by atoms with Gasteiger partial charge < -0.3 is 13.9 Å². The van der Waals surface area contributed by atoms with E-state index in [4.69, 9.17) is 13.9 Å². The highest BCUT2D eigenvalue weighted by Gasteiger charge is 2.51. The van der Waals surface area contributed by atoms with Crippen LogP contribution in [-0.2, 0) is 23.5 Å². The van der Waals surface area contributed by atoms with Crippen LogP contribution in [0.5, 0.6) is 0 Å². The number of carbonyl (C=O) groups excluding carboxylic acids is 2. The monoisotopic (exact) mass is 438 g/mol. The highest BCUT2D eigenvalue weighted by molar-refractivity contribution is 6.72. The van der Waals surface area contributed by atoms with Crippen molar-refractivity contribution in [3.05, 3.63) is 24.3 Å². The molecule has 0 aromatic rings. The van der Waals surface area contributed by atoms with Crippen molar-refractivity contribution in [2.45, 2.75) is 97.4 Å². The van der Waals surface area contributed by atoms with Gasteiger partial charge in [0.05, 0.1) is 18.8 Å². The summed E-state index contributed by atoms with van der Waals surface area (Å²) < 4.78 is 17.3. The van der Waals surface area contributed by atoms with Crippen LogP contribution in [0.1, 0.15) is 73.1 Å². The van der Waals surface area contributed by atoms with Gasteiger partial charge in [0.25, 0.3) is 0 Å². The van der Waals surface area contributed by atoms with E-state index in [1.165, 1.54) is 6.42 Å². The van der Waals surface area contributed by atoms with Crippen molar-refractivity contribution >= 4 is 20.3 Å². The van der Waals surface area contributed by atoms with Gasteiger partial charge in [0.1, 0.15) is 0 Å². The van der Waals surface area contributed by atoms with E-state index in [1.807, 2.05) is 0 Å². The highest BCUT2D eigenvalue weighted by atomic mass is 28.4. The van der Waals surface area contributed by atoms with E-state index >= 15 is 0 Å². The number of carbonyl (C=O) groups is 2. The van der Waals surface area contributed by atoms with Crippen molar-refractivity contribution in [3.63, 3.8) is 0 Å². The summed E-state index contributed by atoms with van der Waals surface area (Å²) in [6, 6.07) is 2.25. The maximum atomic E-state index is 11.5. The van der Waals surface area contributed by atoms with E-state index in [0.29, 0.717) is 24.4 Å². The lowest BCUT2D eigenvalue weighted by molar-refractivity contribution is -0.140. The molecule has 0 N–H and O–H groups in total. The van der Waals surface area contributed by atoms with Gasteiger partial charge in [-0.25, -0.2) is 9.59 Å². The number of esters is 2. The first-order chi connectivity index (χ1) is 13.8. The topological polar surface area (TPSA) is 61.8 Å². The molecule has 30 heavy (non-hydrogen) atoms. The molecule has 0 radical (unpaired) electrons. The van der Waals surface area contributed by atoms with Gasteiger partial charge in [-0.05, 0) is 76.9 Å². The third-order valence-corrected chi connectivity index (χ3v) is 10.2. The van der Waals surface area contributed by atoms with Gasteiger partial charge in [0.2, 0.25) is 0 Å². The second-order valence-electron chi connectivity index (χ2n) is 9.91. The molecule has 1 aliphatic rings. The Bertz CT molecular complexity index is 642. The van der Waals surface area contributed by atoms with Crippen molar-refractivity contribution in [2.24, 2.45) is 5.41 Å². The SMILES string of the molecule is C=C(C)C(=O)OCCCCC1(C)O[Si](C)(CCCCOC(=O)C(=C)C)CCC1(C)C. The minimum absolute atomic E-state index is 0.116. The Hall–Kier alpha value is -1.40. The first-order valence-electron chi connectivity index (χ1n) is 11.2. The lowest BCUT2D eigenvalue weighted by atomic mass is 9.71. The summed E-state index contributed by atoms with van der Waals surface area (Å²) in [5.41, 5.74) is 0.830. The van der Waals surface area contributed by atoms with Gasteiger partial charge in [0.15, 0.2) is 8.32 Å². The van der Waals surface area contributed by atoms with E-state index in [-0.39, 0.29) is 23.0 Å². The standard InChI is InChI=1S/C24H42O5Si/c1-19(2)21(25)27-15-10-9-13-24(7)23(5,6)14-18-30(8,29-24)17-12-11-16-28-22(26)20(3)4/h1,3,9-18H2,2,4-8H3. The molecule has 0 saturated carbocycles. The minimum atomic E-state index is -1.82.